The molecule has 0 spiro atoms. The van der Waals surface area contributed by atoms with Crippen LogP contribution < -0.4 is 0 Å². The third-order valence-electron chi connectivity index (χ3n) is 5.32. The summed E-state index contributed by atoms with van der Waals surface area (Å²) < 4.78 is 0. The maximum atomic E-state index is 10.3. The van der Waals surface area contributed by atoms with E-state index in [1.165, 1.54) is 42.4 Å². The Morgan fingerprint density at radius 3 is 2.14 bits per heavy atom. The van der Waals surface area contributed by atoms with E-state index >= 15 is 0 Å². The molecule has 0 aromatic heterocycles. The number of phenolic OH excluding ortho intramolecular Hbond substituents is 1. The van der Waals surface area contributed by atoms with Crippen molar-refractivity contribution in [1.82, 2.24) is 0 Å². The van der Waals surface area contributed by atoms with Gasteiger partial charge in [-0.1, -0.05) is 68.7 Å². The second kappa shape index (κ2) is 5.79. The highest BCUT2D eigenvalue weighted by Crippen LogP contribution is 2.41. The Kier molecular flexibility index (Phi) is 3.99. The Bertz CT molecular complexity index is 646. The van der Waals surface area contributed by atoms with Crippen LogP contribution in [0, 0.1) is 6.92 Å². The molecule has 22 heavy (non-hydrogen) atoms. The Balaban J connectivity index is 1.99. The van der Waals surface area contributed by atoms with Crippen molar-refractivity contribution in [3.05, 3.63) is 64.7 Å². The van der Waals surface area contributed by atoms with Crippen molar-refractivity contribution in [2.24, 2.45) is 0 Å². The summed E-state index contributed by atoms with van der Waals surface area (Å²) in [6, 6.07) is 15.0. The minimum absolute atomic E-state index is 0.0469. The van der Waals surface area contributed by atoms with Crippen LogP contribution in [0.1, 0.15) is 67.7 Å². The molecule has 1 aliphatic carbocycles. The van der Waals surface area contributed by atoms with Gasteiger partial charge in [-0.2, -0.15) is 0 Å². The number of phenols is 1. The van der Waals surface area contributed by atoms with Crippen molar-refractivity contribution < 1.29 is 5.11 Å². The first-order valence-electron chi connectivity index (χ1n) is 8.39. The molecule has 1 N–H and O–H groups in total. The third kappa shape index (κ3) is 2.77. The summed E-state index contributed by atoms with van der Waals surface area (Å²) in [7, 11) is 0. The number of hydrogen-bond acceptors (Lipinski definition) is 1. The Hall–Kier alpha value is -1.76. The molecular formula is C21H26O. The van der Waals surface area contributed by atoms with E-state index < -0.39 is 0 Å². The maximum absolute atomic E-state index is 10.3. The molecule has 2 aromatic carbocycles. The van der Waals surface area contributed by atoms with Gasteiger partial charge in [-0.25, -0.2) is 0 Å². The molecule has 116 valence electrons. The minimum Gasteiger partial charge on any atom is -0.508 e. The molecule has 1 heteroatoms. The Morgan fingerprint density at radius 1 is 0.909 bits per heavy atom. The molecule has 0 amide bonds. The van der Waals surface area contributed by atoms with Crippen LogP contribution in [0.25, 0.3) is 0 Å². The largest absolute Gasteiger partial charge is 0.508 e. The molecule has 2 aromatic rings. The fourth-order valence-electron chi connectivity index (χ4n) is 3.64. The van der Waals surface area contributed by atoms with Crippen molar-refractivity contribution in [3.8, 4) is 5.75 Å². The van der Waals surface area contributed by atoms with Crippen molar-refractivity contribution in [1.29, 1.82) is 0 Å². The zero-order valence-electron chi connectivity index (χ0n) is 13.9. The van der Waals surface area contributed by atoms with Gasteiger partial charge in [0.1, 0.15) is 5.75 Å². The third-order valence-corrected chi connectivity index (χ3v) is 5.32. The average Bonchev–Trinajstić information content (AvgIpc) is 3.02. The summed E-state index contributed by atoms with van der Waals surface area (Å²) in [6.07, 6.45) is 5.00. The van der Waals surface area contributed by atoms with Crippen molar-refractivity contribution in [3.63, 3.8) is 0 Å². The van der Waals surface area contributed by atoms with E-state index in [2.05, 4.69) is 57.2 Å². The lowest BCUT2D eigenvalue weighted by atomic mass is 9.76. The van der Waals surface area contributed by atoms with Crippen LogP contribution in [0.3, 0.4) is 0 Å². The standard InChI is InChI=1S/C21H26O/c1-15-8-10-17(11-9-15)21(2,3)18-12-13-20(22)19(14-18)16-6-4-5-7-16/h8-14,16,22H,4-7H2,1-3H3. The van der Waals surface area contributed by atoms with Crippen LogP contribution in [0.15, 0.2) is 42.5 Å². The quantitative estimate of drug-likeness (QED) is 0.771. The fraction of sp³-hybridized carbons (Fsp3) is 0.429. The Labute approximate surface area is 134 Å². The molecular weight excluding hydrogens is 268 g/mol. The summed E-state index contributed by atoms with van der Waals surface area (Å²) in [5.74, 6) is 1.00. The lowest BCUT2D eigenvalue weighted by Crippen LogP contribution is -2.19. The van der Waals surface area contributed by atoms with Crippen molar-refractivity contribution in [2.75, 3.05) is 0 Å². The van der Waals surface area contributed by atoms with Gasteiger partial charge in [0, 0.05) is 5.41 Å². The zero-order chi connectivity index (χ0) is 15.7. The number of aryl methyl sites for hydroxylation is 1. The summed E-state index contributed by atoms with van der Waals surface area (Å²) >= 11 is 0. The molecule has 0 aliphatic heterocycles. The van der Waals surface area contributed by atoms with E-state index in [0.29, 0.717) is 11.7 Å². The lowest BCUT2D eigenvalue weighted by molar-refractivity contribution is 0.460. The molecule has 3 rings (SSSR count). The van der Waals surface area contributed by atoms with Gasteiger partial charge in [0.2, 0.25) is 0 Å². The normalized spacial score (nSPS) is 16.1. The van der Waals surface area contributed by atoms with Gasteiger partial charge < -0.3 is 5.11 Å². The molecule has 1 fully saturated rings. The first kappa shape index (κ1) is 15.1. The highest BCUT2D eigenvalue weighted by Gasteiger charge is 2.26. The van der Waals surface area contributed by atoms with Gasteiger partial charge in [0.25, 0.3) is 0 Å². The lowest BCUT2D eigenvalue weighted by Gasteiger charge is -2.28. The molecule has 0 atom stereocenters. The van der Waals surface area contributed by atoms with E-state index in [4.69, 9.17) is 0 Å². The van der Waals surface area contributed by atoms with E-state index in [0.717, 1.165) is 5.56 Å². The maximum Gasteiger partial charge on any atom is 0.119 e. The molecule has 0 radical (unpaired) electrons. The summed E-state index contributed by atoms with van der Waals surface area (Å²) in [4.78, 5) is 0. The highest BCUT2D eigenvalue weighted by molar-refractivity contribution is 5.45. The Morgan fingerprint density at radius 2 is 1.50 bits per heavy atom. The van der Waals surface area contributed by atoms with Crippen LogP contribution in [-0.4, -0.2) is 5.11 Å². The summed E-state index contributed by atoms with van der Waals surface area (Å²) in [5.41, 5.74) is 5.00. The van der Waals surface area contributed by atoms with E-state index in [-0.39, 0.29) is 5.41 Å². The molecule has 0 bridgehead atoms. The van der Waals surface area contributed by atoms with Crippen LogP contribution >= 0.6 is 0 Å². The molecule has 1 nitrogen and oxygen atoms in total. The van der Waals surface area contributed by atoms with Crippen LogP contribution in [0.4, 0.5) is 0 Å². The molecule has 0 heterocycles. The molecule has 0 unspecified atom stereocenters. The number of hydrogen-bond donors (Lipinski definition) is 1. The van der Waals surface area contributed by atoms with Gasteiger partial charge in [-0.15, -0.1) is 0 Å². The number of benzene rings is 2. The fourth-order valence-corrected chi connectivity index (χ4v) is 3.64. The van der Waals surface area contributed by atoms with E-state index in [1.807, 2.05) is 6.07 Å². The smallest absolute Gasteiger partial charge is 0.119 e. The first-order chi connectivity index (χ1) is 10.5. The van der Waals surface area contributed by atoms with Gasteiger partial charge in [-0.3, -0.25) is 0 Å². The zero-order valence-corrected chi connectivity index (χ0v) is 13.9. The SMILES string of the molecule is Cc1ccc(C(C)(C)c2ccc(O)c(C3CCCC3)c2)cc1. The van der Waals surface area contributed by atoms with E-state index in [9.17, 15) is 5.11 Å². The topological polar surface area (TPSA) is 20.2 Å². The van der Waals surface area contributed by atoms with Gasteiger partial charge in [-0.05, 0) is 48.4 Å². The minimum atomic E-state index is -0.0469. The average molecular weight is 294 g/mol. The van der Waals surface area contributed by atoms with Gasteiger partial charge >= 0.3 is 0 Å². The van der Waals surface area contributed by atoms with Crippen molar-refractivity contribution in [2.45, 2.75) is 57.8 Å². The summed E-state index contributed by atoms with van der Waals surface area (Å²) in [6.45, 7) is 6.65. The highest BCUT2D eigenvalue weighted by atomic mass is 16.3. The molecule has 1 saturated carbocycles. The van der Waals surface area contributed by atoms with Crippen LogP contribution in [0.5, 0.6) is 5.75 Å². The van der Waals surface area contributed by atoms with Crippen LogP contribution in [-0.2, 0) is 5.41 Å². The second-order valence-corrected chi connectivity index (χ2v) is 7.25. The summed E-state index contributed by atoms with van der Waals surface area (Å²) in [5, 5.41) is 10.3. The van der Waals surface area contributed by atoms with Crippen LogP contribution in [0.2, 0.25) is 0 Å². The molecule has 1 aliphatic rings. The predicted octanol–water partition coefficient (Wildman–Crippen LogP) is 5.68. The van der Waals surface area contributed by atoms with Crippen molar-refractivity contribution >= 4 is 0 Å². The molecule has 0 saturated heterocycles. The first-order valence-corrected chi connectivity index (χ1v) is 8.39. The monoisotopic (exact) mass is 294 g/mol. The van der Waals surface area contributed by atoms with Gasteiger partial charge in [0.05, 0.1) is 0 Å². The van der Waals surface area contributed by atoms with E-state index in [1.54, 1.807) is 0 Å². The predicted molar refractivity (Wildman–Crippen MR) is 92.6 cm³/mol. The second-order valence-electron chi connectivity index (χ2n) is 7.25. The number of rotatable bonds is 3. The van der Waals surface area contributed by atoms with Gasteiger partial charge in [0.15, 0.2) is 0 Å². The number of aromatic hydroxyl groups is 1.